The van der Waals surface area contributed by atoms with Gasteiger partial charge in [-0.1, -0.05) is 13.0 Å². The third-order valence-electron chi connectivity index (χ3n) is 2.52. The molecule has 2 amide bonds. The molecule has 0 aliphatic heterocycles. The largest absolute Gasteiger partial charge is 0.338 e. The van der Waals surface area contributed by atoms with Crippen molar-refractivity contribution in [2.75, 3.05) is 6.54 Å². The minimum Gasteiger partial charge on any atom is -0.338 e. The van der Waals surface area contributed by atoms with E-state index in [1.807, 2.05) is 29.8 Å². The summed E-state index contributed by atoms with van der Waals surface area (Å²) in [5.41, 5.74) is 1.13. The molecule has 0 fully saturated rings. The van der Waals surface area contributed by atoms with Gasteiger partial charge in [0.15, 0.2) is 0 Å². The summed E-state index contributed by atoms with van der Waals surface area (Å²) in [7, 11) is 0. The van der Waals surface area contributed by atoms with E-state index in [-0.39, 0.29) is 12.1 Å². The van der Waals surface area contributed by atoms with Crippen LogP contribution in [0.15, 0.2) is 34.3 Å². The maximum absolute atomic E-state index is 11.8. The second kappa shape index (κ2) is 6.56. The van der Waals surface area contributed by atoms with Gasteiger partial charge in [0, 0.05) is 11.4 Å². The van der Waals surface area contributed by atoms with Crippen molar-refractivity contribution in [1.29, 1.82) is 0 Å². The average Bonchev–Trinajstić information content (AvgIpc) is 3.05. The van der Waals surface area contributed by atoms with Crippen LogP contribution in [0.25, 0.3) is 0 Å². The Morgan fingerprint density at radius 3 is 2.89 bits per heavy atom. The van der Waals surface area contributed by atoms with E-state index in [0.717, 1.165) is 16.9 Å². The van der Waals surface area contributed by atoms with Crippen molar-refractivity contribution in [2.24, 2.45) is 0 Å². The lowest BCUT2D eigenvalue weighted by Gasteiger charge is -2.17. The summed E-state index contributed by atoms with van der Waals surface area (Å²) in [5, 5.41) is 12.0. The molecule has 0 saturated carbocycles. The smallest absolute Gasteiger partial charge is 0.315 e. The first-order valence-electron chi connectivity index (χ1n) is 5.91. The van der Waals surface area contributed by atoms with Crippen LogP contribution in [-0.2, 0) is 0 Å². The van der Waals surface area contributed by atoms with Gasteiger partial charge in [-0.2, -0.15) is 11.3 Å². The number of nitrogens with one attached hydrogen (secondary N) is 2. The summed E-state index contributed by atoms with van der Waals surface area (Å²) in [6, 6.07) is 5.95. The van der Waals surface area contributed by atoms with Crippen molar-refractivity contribution >= 4 is 28.7 Å². The van der Waals surface area contributed by atoms with Gasteiger partial charge in [0.05, 0.1) is 6.04 Å². The lowest BCUT2D eigenvalue weighted by molar-refractivity contribution is 0.239. The molecule has 1 atom stereocenters. The molecule has 0 aliphatic carbocycles. The summed E-state index contributed by atoms with van der Waals surface area (Å²) < 4.78 is 0. The molecule has 2 aromatic rings. The number of rotatable bonds is 5. The fourth-order valence-electron chi connectivity index (χ4n) is 1.63. The molecule has 96 valence electrons. The highest BCUT2D eigenvalue weighted by molar-refractivity contribution is 7.10. The van der Waals surface area contributed by atoms with Gasteiger partial charge in [0.1, 0.15) is 0 Å². The van der Waals surface area contributed by atoms with Gasteiger partial charge < -0.3 is 10.6 Å². The Balaban J connectivity index is 2.09. The van der Waals surface area contributed by atoms with Crippen LogP contribution in [0.4, 0.5) is 4.79 Å². The predicted molar refractivity (Wildman–Crippen MR) is 77.3 cm³/mol. The minimum absolute atomic E-state index is 0.0480. The number of hydrogen-bond donors (Lipinski definition) is 2. The van der Waals surface area contributed by atoms with Gasteiger partial charge in [-0.25, -0.2) is 4.79 Å². The molecular weight excluding hydrogens is 264 g/mol. The van der Waals surface area contributed by atoms with E-state index in [9.17, 15) is 4.79 Å². The average molecular weight is 280 g/mol. The lowest BCUT2D eigenvalue weighted by Crippen LogP contribution is -2.38. The zero-order valence-corrected chi connectivity index (χ0v) is 11.8. The van der Waals surface area contributed by atoms with Gasteiger partial charge in [-0.15, -0.1) is 11.3 Å². The van der Waals surface area contributed by atoms with Gasteiger partial charge in [-0.05, 0) is 40.3 Å². The molecule has 0 aromatic carbocycles. The lowest BCUT2D eigenvalue weighted by atomic mass is 10.1. The van der Waals surface area contributed by atoms with E-state index < -0.39 is 0 Å². The van der Waals surface area contributed by atoms with E-state index >= 15 is 0 Å². The molecule has 5 heteroatoms. The molecule has 0 aliphatic rings. The molecule has 2 N–H and O–H groups in total. The van der Waals surface area contributed by atoms with E-state index in [1.54, 1.807) is 22.7 Å². The van der Waals surface area contributed by atoms with Crippen molar-refractivity contribution in [3.8, 4) is 0 Å². The number of carbonyl (C=O) groups is 1. The molecule has 0 spiro atoms. The number of carbonyl (C=O) groups excluding carboxylic acids is 1. The maximum atomic E-state index is 11.8. The topological polar surface area (TPSA) is 41.1 Å². The van der Waals surface area contributed by atoms with Crippen molar-refractivity contribution in [1.82, 2.24) is 10.6 Å². The minimum atomic E-state index is -0.110. The highest BCUT2D eigenvalue weighted by Gasteiger charge is 2.17. The van der Waals surface area contributed by atoms with Crippen molar-refractivity contribution < 1.29 is 4.79 Å². The van der Waals surface area contributed by atoms with Crippen LogP contribution >= 0.6 is 22.7 Å². The van der Waals surface area contributed by atoms with Crippen molar-refractivity contribution in [3.63, 3.8) is 0 Å². The molecule has 0 bridgehead atoms. The van der Waals surface area contributed by atoms with E-state index in [0.29, 0.717) is 6.54 Å². The Kier molecular flexibility index (Phi) is 4.78. The zero-order chi connectivity index (χ0) is 12.8. The van der Waals surface area contributed by atoms with Crippen LogP contribution < -0.4 is 10.6 Å². The van der Waals surface area contributed by atoms with E-state index in [1.165, 1.54) is 0 Å². The first kappa shape index (κ1) is 13.1. The fraction of sp³-hybridized carbons (Fsp3) is 0.308. The van der Waals surface area contributed by atoms with Crippen LogP contribution in [0.3, 0.4) is 0 Å². The fourth-order valence-corrected chi connectivity index (χ4v) is 3.12. The summed E-state index contributed by atoms with van der Waals surface area (Å²) in [6.45, 7) is 2.74. The standard InChI is InChI=1S/C13H16N2OS2/c1-2-6-14-13(16)15-12(10-5-8-17-9-10)11-4-3-7-18-11/h3-5,7-9,12H,2,6H2,1H3,(H2,14,15,16)/t12-/m1/s1. The Morgan fingerprint density at radius 1 is 1.39 bits per heavy atom. The van der Waals surface area contributed by atoms with Gasteiger partial charge >= 0.3 is 6.03 Å². The highest BCUT2D eigenvalue weighted by atomic mass is 32.1. The Morgan fingerprint density at radius 2 is 2.28 bits per heavy atom. The van der Waals surface area contributed by atoms with Gasteiger partial charge in [0.25, 0.3) is 0 Å². The quantitative estimate of drug-likeness (QED) is 0.863. The van der Waals surface area contributed by atoms with E-state index in [4.69, 9.17) is 0 Å². The molecule has 2 aromatic heterocycles. The normalized spacial score (nSPS) is 12.1. The molecule has 2 heterocycles. The SMILES string of the molecule is CCCNC(=O)N[C@H](c1ccsc1)c1cccs1. The zero-order valence-electron chi connectivity index (χ0n) is 10.2. The first-order chi connectivity index (χ1) is 8.81. The molecule has 0 unspecified atom stereocenters. The monoisotopic (exact) mass is 280 g/mol. The molecule has 0 radical (unpaired) electrons. The summed E-state index contributed by atoms with van der Waals surface area (Å²) in [4.78, 5) is 12.9. The molecule has 2 rings (SSSR count). The van der Waals surface area contributed by atoms with Crippen LogP contribution in [0, 0.1) is 0 Å². The molecular formula is C13H16N2OS2. The highest BCUT2D eigenvalue weighted by Crippen LogP contribution is 2.27. The third kappa shape index (κ3) is 3.34. The number of amides is 2. The van der Waals surface area contributed by atoms with Crippen LogP contribution in [0.5, 0.6) is 0 Å². The van der Waals surface area contributed by atoms with Crippen LogP contribution in [0.1, 0.15) is 29.8 Å². The Hall–Kier alpha value is -1.33. The van der Waals surface area contributed by atoms with Crippen LogP contribution in [-0.4, -0.2) is 12.6 Å². The predicted octanol–water partition coefficient (Wildman–Crippen LogP) is 3.61. The van der Waals surface area contributed by atoms with E-state index in [2.05, 4.69) is 22.1 Å². The van der Waals surface area contributed by atoms with Gasteiger partial charge in [0.2, 0.25) is 0 Å². The number of hydrogen-bond acceptors (Lipinski definition) is 3. The Bertz CT molecular complexity index is 431. The van der Waals surface area contributed by atoms with Crippen molar-refractivity contribution in [3.05, 3.63) is 44.8 Å². The maximum Gasteiger partial charge on any atom is 0.315 e. The summed E-state index contributed by atoms with van der Waals surface area (Å²) in [6.07, 6.45) is 0.940. The summed E-state index contributed by atoms with van der Waals surface area (Å²) in [5.74, 6) is 0. The molecule has 18 heavy (non-hydrogen) atoms. The second-order valence-electron chi connectivity index (χ2n) is 3.91. The first-order valence-corrected chi connectivity index (χ1v) is 7.73. The second-order valence-corrected chi connectivity index (χ2v) is 5.66. The molecule has 3 nitrogen and oxygen atoms in total. The number of thiophene rings is 2. The Labute approximate surface area is 115 Å². The van der Waals surface area contributed by atoms with Crippen molar-refractivity contribution in [2.45, 2.75) is 19.4 Å². The number of urea groups is 1. The van der Waals surface area contributed by atoms with Crippen LogP contribution in [0.2, 0.25) is 0 Å². The third-order valence-corrected chi connectivity index (χ3v) is 4.15. The summed E-state index contributed by atoms with van der Waals surface area (Å²) >= 11 is 3.30. The van der Waals surface area contributed by atoms with Gasteiger partial charge in [-0.3, -0.25) is 0 Å². The molecule has 0 saturated heterocycles.